The van der Waals surface area contributed by atoms with Crippen molar-refractivity contribution in [1.29, 1.82) is 0 Å². The fourth-order valence-corrected chi connectivity index (χ4v) is 8.33. The van der Waals surface area contributed by atoms with Gasteiger partial charge < -0.3 is 0 Å². The first-order valence-corrected chi connectivity index (χ1v) is 14.7. The highest BCUT2D eigenvalue weighted by Gasteiger charge is 2.33. The number of benzene rings is 4. The zero-order valence-electron chi connectivity index (χ0n) is 18.6. The molecule has 4 aromatic rings. The summed E-state index contributed by atoms with van der Waals surface area (Å²) in [4.78, 5) is 0.329. The second kappa shape index (κ2) is 9.35. The minimum Gasteiger partial charge on any atom is -0.207 e. The van der Waals surface area contributed by atoms with E-state index in [0.717, 1.165) is 0 Å². The molecular formula is C25H22Cl2N2O4S2. The minimum absolute atomic E-state index is 0.0457. The molecule has 6 nitrogen and oxygen atoms in total. The number of nitrogens with zero attached hydrogens (tertiary/aromatic N) is 2. The van der Waals surface area contributed by atoms with Crippen LogP contribution in [0.2, 0.25) is 10.0 Å². The molecule has 0 radical (unpaired) electrons. The highest BCUT2D eigenvalue weighted by atomic mass is 35.5. The lowest BCUT2D eigenvalue weighted by atomic mass is 10.1. The molecular weight excluding hydrogens is 527 g/mol. The van der Waals surface area contributed by atoms with Gasteiger partial charge in [0.1, 0.15) is 0 Å². The summed E-state index contributed by atoms with van der Waals surface area (Å²) in [6.07, 6.45) is 0.371. The Balaban J connectivity index is 1.46. The van der Waals surface area contributed by atoms with E-state index in [2.05, 4.69) is 0 Å². The van der Waals surface area contributed by atoms with E-state index < -0.39 is 20.0 Å². The maximum Gasteiger partial charge on any atom is 0.243 e. The quantitative estimate of drug-likeness (QED) is 0.343. The molecule has 1 aliphatic heterocycles. The summed E-state index contributed by atoms with van der Waals surface area (Å²) in [7, 11) is -7.73. The fourth-order valence-electron chi connectivity index (χ4n) is 4.55. The largest absolute Gasteiger partial charge is 0.243 e. The molecule has 10 heteroatoms. The van der Waals surface area contributed by atoms with Crippen LogP contribution in [0.1, 0.15) is 6.42 Å². The monoisotopic (exact) mass is 548 g/mol. The van der Waals surface area contributed by atoms with E-state index in [0.29, 0.717) is 38.0 Å². The molecule has 0 saturated carbocycles. The molecule has 1 aliphatic rings. The van der Waals surface area contributed by atoms with Gasteiger partial charge >= 0.3 is 0 Å². The highest BCUT2D eigenvalue weighted by Crippen LogP contribution is 2.33. The molecule has 0 atom stereocenters. The molecule has 5 rings (SSSR count). The number of hydrogen-bond acceptors (Lipinski definition) is 4. The van der Waals surface area contributed by atoms with Crippen LogP contribution in [0.3, 0.4) is 0 Å². The average Bonchev–Trinajstić information content (AvgIpc) is 3.12. The summed E-state index contributed by atoms with van der Waals surface area (Å²) in [6, 6.07) is 20.4. The van der Waals surface area contributed by atoms with Crippen molar-refractivity contribution in [1.82, 2.24) is 8.61 Å². The smallest absolute Gasteiger partial charge is 0.207 e. The van der Waals surface area contributed by atoms with Gasteiger partial charge in [0.25, 0.3) is 0 Å². The van der Waals surface area contributed by atoms with E-state index in [1.54, 1.807) is 60.7 Å². The fraction of sp³-hybridized carbons (Fsp3) is 0.200. The van der Waals surface area contributed by atoms with Crippen LogP contribution in [-0.2, 0) is 20.0 Å². The van der Waals surface area contributed by atoms with E-state index in [9.17, 15) is 16.8 Å². The van der Waals surface area contributed by atoms with Gasteiger partial charge in [0.2, 0.25) is 20.0 Å². The first-order chi connectivity index (χ1) is 16.7. The highest BCUT2D eigenvalue weighted by molar-refractivity contribution is 7.89. The second-order valence-corrected chi connectivity index (χ2v) is 13.0. The van der Waals surface area contributed by atoms with Crippen LogP contribution in [0.5, 0.6) is 0 Å². The molecule has 0 aliphatic carbocycles. The van der Waals surface area contributed by atoms with Gasteiger partial charge in [-0.3, -0.25) is 0 Å². The van der Waals surface area contributed by atoms with E-state index in [1.165, 1.54) is 20.7 Å². The molecule has 1 fully saturated rings. The van der Waals surface area contributed by atoms with Gasteiger partial charge in [-0.05, 0) is 30.7 Å². The summed E-state index contributed by atoms with van der Waals surface area (Å²) in [5, 5.41) is 3.35. The topological polar surface area (TPSA) is 74.8 Å². The van der Waals surface area contributed by atoms with Crippen LogP contribution in [0.25, 0.3) is 21.5 Å². The van der Waals surface area contributed by atoms with Crippen LogP contribution in [0, 0.1) is 0 Å². The average molecular weight is 550 g/mol. The van der Waals surface area contributed by atoms with Crippen LogP contribution in [0.15, 0.2) is 82.6 Å². The zero-order chi connectivity index (χ0) is 24.8. The third kappa shape index (κ3) is 4.33. The Hall–Kier alpha value is -2.20. The van der Waals surface area contributed by atoms with Gasteiger partial charge in [0.05, 0.1) is 9.79 Å². The van der Waals surface area contributed by atoms with Gasteiger partial charge in [0.15, 0.2) is 0 Å². The Morgan fingerprint density at radius 2 is 0.886 bits per heavy atom. The Morgan fingerprint density at radius 3 is 1.29 bits per heavy atom. The lowest BCUT2D eigenvalue weighted by Crippen LogP contribution is -2.37. The maximum atomic E-state index is 13.6. The van der Waals surface area contributed by atoms with Crippen molar-refractivity contribution in [2.75, 3.05) is 26.2 Å². The van der Waals surface area contributed by atoms with Crippen LogP contribution in [0.4, 0.5) is 0 Å². The number of hydrogen-bond donors (Lipinski definition) is 0. The molecule has 0 amide bonds. The summed E-state index contributed by atoms with van der Waals surface area (Å²) in [6.45, 7) is 0.521. The summed E-state index contributed by atoms with van der Waals surface area (Å²) in [5.74, 6) is 0. The predicted molar refractivity (Wildman–Crippen MR) is 140 cm³/mol. The zero-order valence-corrected chi connectivity index (χ0v) is 21.7. The number of sulfonamides is 2. The molecule has 0 N–H and O–H groups in total. The Bertz CT molecular complexity index is 1530. The molecule has 0 bridgehead atoms. The first kappa shape index (κ1) is 24.5. The Labute approximate surface area is 214 Å². The molecule has 1 heterocycles. The van der Waals surface area contributed by atoms with Crippen molar-refractivity contribution in [3.8, 4) is 0 Å². The molecule has 4 aromatic carbocycles. The second-order valence-electron chi connectivity index (χ2n) is 8.34. The summed E-state index contributed by atoms with van der Waals surface area (Å²) >= 11 is 12.6. The van der Waals surface area contributed by atoms with Gasteiger partial charge in [-0.15, -0.1) is 0 Å². The van der Waals surface area contributed by atoms with Crippen molar-refractivity contribution in [3.63, 3.8) is 0 Å². The van der Waals surface area contributed by atoms with Gasteiger partial charge in [0, 0.05) is 57.8 Å². The molecule has 0 unspecified atom stereocenters. The molecule has 182 valence electrons. The number of halogens is 2. The molecule has 1 saturated heterocycles. The minimum atomic E-state index is -3.87. The van der Waals surface area contributed by atoms with Crippen LogP contribution in [-0.4, -0.2) is 51.6 Å². The summed E-state index contributed by atoms with van der Waals surface area (Å²) in [5.41, 5.74) is 0. The van der Waals surface area contributed by atoms with Gasteiger partial charge in [-0.25, -0.2) is 16.8 Å². The van der Waals surface area contributed by atoms with Crippen molar-refractivity contribution in [3.05, 3.63) is 82.8 Å². The Morgan fingerprint density at radius 1 is 0.514 bits per heavy atom. The van der Waals surface area contributed by atoms with Crippen molar-refractivity contribution in [2.45, 2.75) is 16.2 Å². The first-order valence-electron chi connectivity index (χ1n) is 11.1. The predicted octanol–water partition coefficient (Wildman–Crippen LogP) is 5.39. The normalized spacial score (nSPS) is 16.5. The summed E-state index contributed by atoms with van der Waals surface area (Å²) < 4.78 is 57.1. The van der Waals surface area contributed by atoms with Crippen molar-refractivity contribution in [2.24, 2.45) is 0 Å². The van der Waals surface area contributed by atoms with E-state index in [1.807, 2.05) is 0 Å². The van der Waals surface area contributed by atoms with Crippen molar-refractivity contribution < 1.29 is 16.8 Å². The number of fused-ring (bicyclic) bond motifs is 2. The molecule has 0 aromatic heterocycles. The van der Waals surface area contributed by atoms with Crippen LogP contribution >= 0.6 is 23.2 Å². The van der Waals surface area contributed by atoms with Gasteiger partial charge in [-0.1, -0.05) is 71.7 Å². The van der Waals surface area contributed by atoms with E-state index >= 15 is 0 Å². The number of rotatable bonds is 4. The van der Waals surface area contributed by atoms with Crippen molar-refractivity contribution >= 4 is 64.8 Å². The lowest BCUT2D eigenvalue weighted by molar-refractivity contribution is 0.405. The lowest BCUT2D eigenvalue weighted by Gasteiger charge is -2.23. The SMILES string of the molecule is O=S(=O)(c1ccc(Cl)c2ccccc12)N1CCCN(S(=O)(=O)c2ccc(Cl)c3ccccc23)CC1. The standard InChI is InChI=1S/C25H22Cl2N2O4S2/c26-22-10-12-24(20-8-3-1-6-18(20)22)34(30,31)28-14-5-15-29(17-16-28)35(32,33)25-13-11-23(27)19-7-2-4-9-21(19)25/h1-4,6-13H,5,14-17H2. The van der Waals surface area contributed by atoms with Gasteiger partial charge in [-0.2, -0.15) is 8.61 Å². The van der Waals surface area contributed by atoms with E-state index in [-0.39, 0.29) is 36.0 Å². The third-order valence-electron chi connectivity index (χ3n) is 6.31. The molecule has 0 spiro atoms. The van der Waals surface area contributed by atoms with E-state index in [4.69, 9.17) is 23.2 Å². The third-order valence-corrected chi connectivity index (χ3v) is 10.9. The maximum absolute atomic E-state index is 13.6. The molecule has 35 heavy (non-hydrogen) atoms. The Kier molecular flexibility index (Phi) is 6.54. The van der Waals surface area contributed by atoms with Crippen LogP contribution < -0.4 is 0 Å².